The minimum absolute atomic E-state index is 0.104. The lowest BCUT2D eigenvalue weighted by atomic mass is 9.49. The molecule has 3 rings (SSSR count). The topological polar surface area (TPSA) is 58.9 Å². The van der Waals surface area contributed by atoms with Gasteiger partial charge in [0.1, 0.15) is 7.11 Å². The Kier molecular flexibility index (Phi) is 6.12. The van der Waals surface area contributed by atoms with E-state index in [2.05, 4.69) is 45.0 Å². The smallest absolute Gasteiger partial charge is 0.309 e. The van der Waals surface area contributed by atoms with Crippen LogP contribution in [0.4, 0.5) is 0 Å². The molecular formula is C25H37NO3. The van der Waals surface area contributed by atoms with Crippen LogP contribution in [0, 0.1) is 11.3 Å². The normalized spacial score (nSPS) is 29.3. The molecule has 0 bridgehead atoms. The van der Waals surface area contributed by atoms with Crippen molar-refractivity contribution in [1.29, 1.82) is 0 Å². The molecule has 4 heteroatoms. The van der Waals surface area contributed by atoms with Gasteiger partial charge in [0.2, 0.25) is 0 Å². The lowest BCUT2D eigenvalue weighted by molar-refractivity contribution is -0.157. The summed E-state index contributed by atoms with van der Waals surface area (Å²) >= 11 is 0. The molecule has 1 saturated carbocycles. The molecule has 2 aliphatic rings. The zero-order valence-corrected chi connectivity index (χ0v) is 19.0. The summed E-state index contributed by atoms with van der Waals surface area (Å²) in [4.78, 5) is 17.4. The van der Waals surface area contributed by atoms with E-state index in [1.54, 1.807) is 7.11 Å². The molecule has 3 atom stereocenters. The number of carboxylic acids is 1. The van der Waals surface area contributed by atoms with Crippen molar-refractivity contribution in [3.05, 3.63) is 34.4 Å². The van der Waals surface area contributed by atoms with E-state index in [1.165, 1.54) is 22.3 Å². The lowest BCUT2D eigenvalue weighted by Gasteiger charge is -2.53. The number of aliphatic carboxylic acids is 1. The van der Waals surface area contributed by atoms with Crippen molar-refractivity contribution < 1.29 is 14.7 Å². The molecule has 0 spiro atoms. The fourth-order valence-corrected chi connectivity index (χ4v) is 6.10. The molecular weight excluding hydrogens is 362 g/mol. The number of fused-ring (bicyclic) bond motifs is 3. The fourth-order valence-electron chi connectivity index (χ4n) is 6.10. The van der Waals surface area contributed by atoms with Gasteiger partial charge in [-0.25, -0.2) is 0 Å². The number of rotatable bonds is 6. The Bertz CT molecular complexity index is 813. The van der Waals surface area contributed by atoms with Crippen LogP contribution in [0.25, 0.3) is 0 Å². The summed E-state index contributed by atoms with van der Waals surface area (Å²) in [6, 6.07) is 4.72. The number of aryl methyl sites for hydroxylation is 1. The Balaban J connectivity index is 2.20. The van der Waals surface area contributed by atoms with Crippen LogP contribution in [0.1, 0.15) is 101 Å². The number of hydrogen-bond donors (Lipinski definition) is 1. The van der Waals surface area contributed by atoms with Crippen molar-refractivity contribution in [1.82, 2.24) is 0 Å². The van der Waals surface area contributed by atoms with Crippen molar-refractivity contribution >= 4 is 11.7 Å². The van der Waals surface area contributed by atoms with Crippen molar-refractivity contribution in [3.8, 4) is 0 Å². The van der Waals surface area contributed by atoms with E-state index in [1.807, 2.05) is 6.92 Å². The number of oxime groups is 1. The highest BCUT2D eigenvalue weighted by atomic mass is 16.6. The SMILES string of the molecule is CCCC(=NOC)c1cc2c(cc1C(C)C)CC[C@H]1[C@](C)(C(=O)O)CCC[C@]21C. The third-order valence-corrected chi connectivity index (χ3v) is 7.63. The van der Waals surface area contributed by atoms with Crippen LogP contribution < -0.4 is 0 Å². The largest absolute Gasteiger partial charge is 0.481 e. The van der Waals surface area contributed by atoms with Gasteiger partial charge in [0, 0.05) is 5.56 Å². The molecule has 0 heterocycles. The van der Waals surface area contributed by atoms with Gasteiger partial charge < -0.3 is 9.94 Å². The van der Waals surface area contributed by atoms with Crippen LogP contribution in [-0.2, 0) is 21.5 Å². The zero-order chi connectivity index (χ0) is 21.4. The van der Waals surface area contributed by atoms with Crippen LogP contribution in [0.2, 0.25) is 0 Å². The van der Waals surface area contributed by atoms with Gasteiger partial charge >= 0.3 is 5.97 Å². The van der Waals surface area contributed by atoms with E-state index in [0.29, 0.717) is 5.92 Å². The van der Waals surface area contributed by atoms with Gasteiger partial charge in [-0.1, -0.05) is 51.8 Å². The van der Waals surface area contributed by atoms with E-state index >= 15 is 0 Å². The molecule has 160 valence electrons. The summed E-state index contributed by atoms with van der Waals surface area (Å²) in [6.07, 6.45) is 6.59. The van der Waals surface area contributed by atoms with Crippen molar-refractivity contribution in [3.63, 3.8) is 0 Å². The predicted molar refractivity (Wildman–Crippen MR) is 118 cm³/mol. The Morgan fingerprint density at radius 2 is 2.03 bits per heavy atom. The van der Waals surface area contributed by atoms with Gasteiger partial charge in [-0.15, -0.1) is 0 Å². The van der Waals surface area contributed by atoms with Crippen LogP contribution >= 0.6 is 0 Å². The quantitative estimate of drug-likeness (QED) is 0.467. The molecule has 1 fully saturated rings. The van der Waals surface area contributed by atoms with Gasteiger partial charge in [-0.05, 0) is 79.0 Å². The summed E-state index contributed by atoms with van der Waals surface area (Å²) in [5.41, 5.74) is 5.52. The number of nitrogens with zero attached hydrogens (tertiary/aromatic N) is 1. The molecule has 1 aromatic rings. The standard InChI is InChI=1S/C25H37NO3/c1-7-9-21(26-29-6)19-15-20-17(14-18(19)16(2)3)10-11-22-24(20,4)12-8-13-25(22,5)23(27)28/h14-16,22H,7-13H2,1-6H3,(H,27,28)/t22-,24-,25-/m1/s1. The summed E-state index contributed by atoms with van der Waals surface area (Å²) in [6.45, 7) is 10.9. The highest BCUT2D eigenvalue weighted by Crippen LogP contribution is 2.57. The summed E-state index contributed by atoms with van der Waals surface area (Å²) in [5, 5.41) is 14.4. The summed E-state index contributed by atoms with van der Waals surface area (Å²) in [7, 11) is 1.61. The molecule has 1 N–H and O–H groups in total. The van der Waals surface area contributed by atoms with Crippen LogP contribution in [-0.4, -0.2) is 23.9 Å². The van der Waals surface area contributed by atoms with E-state index in [0.717, 1.165) is 50.7 Å². The second-order valence-electron chi connectivity index (χ2n) is 9.81. The maximum atomic E-state index is 12.2. The Labute approximate surface area is 175 Å². The maximum Gasteiger partial charge on any atom is 0.309 e. The number of hydrogen-bond acceptors (Lipinski definition) is 3. The number of carbonyl (C=O) groups is 1. The van der Waals surface area contributed by atoms with Gasteiger partial charge in [0.05, 0.1) is 11.1 Å². The van der Waals surface area contributed by atoms with Gasteiger partial charge in [-0.2, -0.15) is 0 Å². The second kappa shape index (κ2) is 8.12. The van der Waals surface area contributed by atoms with Crippen molar-refractivity contribution in [2.75, 3.05) is 7.11 Å². The highest BCUT2D eigenvalue weighted by Gasteiger charge is 2.55. The second-order valence-corrected chi connectivity index (χ2v) is 9.81. The average molecular weight is 400 g/mol. The minimum Gasteiger partial charge on any atom is -0.481 e. The molecule has 4 nitrogen and oxygen atoms in total. The molecule has 0 unspecified atom stereocenters. The average Bonchev–Trinajstić information content (AvgIpc) is 2.66. The third-order valence-electron chi connectivity index (χ3n) is 7.63. The maximum absolute atomic E-state index is 12.2. The van der Waals surface area contributed by atoms with Gasteiger partial charge in [0.25, 0.3) is 0 Å². The lowest BCUT2D eigenvalue weighted by Crippen LogP contribution is -2.52. The molecule has 0 aromatic heterocycles. The van der Waals surface area contributed by atoms with Crippen LogP contribution in [0.3, 0.4) is 0 Å². The Hall–Kier alpha value is -1.84. The van der Waals surface area contributed by atoms with Gasteiger partial charge in [-0.3, -0.25) is 4.79 Å². The summed E-state index contributed by atoms with van der Waals surface area (Å²) < 4.78 is 0. The first-order chi connectivity index (χ1) is 13.7. The zero-order valence-electron chi connectivity index (χ0n) is 19.0. The number of carboxylic acid groups (broad SMARTS) is 1. The first-order valence-corrected chi connectivity index (χ1v) is 11.2. The molecule has 0 saturated heterocycles. The summed E-state index contributed by atoms with van der Waals surface area (Å²) in [5.74, 6) is -0.0700. The van der Waals surface area contributed by atoms with Crippen LogP contribution in [0.5, 0.6) is 0 Å². The monoisotopic (exact) mass is 399 g/mol. The third kappa shape index (κ3) is 3.60. The molecule has 0 radical (unpaired) electrons. The van der Waals surface area contributed by atoms with E-state index < -0.39 is 11.4 Å². The van der Waals surface area contributed by atoms with E-state index in [-0.39, 0.29) is 11.3 Å². The molecule has 1 aromatic carbocycles. The highest BCUT2D eigenvalue weighted by molar-refractivity contribution is 6.02. The minimum atomic E-state index is -0.644. The van der Waals surface area contributed by atoms with Crippen LogP contribution in [0.15, 0.2) is 17.3 Å². The first kappa shape index (κ1) is 21.9. The predicted octanol–water partition coefficient (Wildman–Crippen LogP) is 6.06. The van der Waals surface area contributed by atoms with Gasteiger partial charge in [0.15, 0.2) is 0 Å². The molecule has 2 aliphatic carbocycles. The first-order valence-electron chi connectivity index (χ1n) is 11.2. The molecule has 0 amide bonds. The molecule has 29 heavy (non-hydrogen) atoms. The number of benzene rings is 1. The van der Waals surface area contributed by atoms with Crippen molar-refractivity contribution in [2.24, 2.45) is 16.5 Å². The Morgan fingerprint density at radius 3 is 2.62 bits per heavy atom. The van der Waals surface area contributed by atoms with Crippen molar-refractivity contribution in [2.45, 2.75) is 90.9 Å². The fraction of sp³-hybridized carbons (Fsp3) is 0.680. The molecule has 0 aliphatic heterocycles. The van der Waals surface area contributed by atoms with E-state index in [4.69, 9.17) is 4.84 Å². The van der Waals surface area contributed by atoms with E-state index in [9.17, 15) is 9.90 Å². The Morgan fingerprint density at radius 1 is 1.31 bits per heavy atom.